The molecule has 3 N–H and O–H groups in total. The van der Waals surface area contributed by atoms with E-state index in [9.17, 15) is 9.59 Å². The highest BCUT2D eigenvalue weighted by atomic mass is 16.5. The van der Waals surface area contributed by atoms with Gasteiger partial charge < -0.3 is 24.4 Å². The first kappa shape index (κ1) is 19.4. The summed E-state index contributed by atoms with van der Waals surface area (Å²) >= 11 is 0. The van der Waals surface area contributed by atoms with E-state index >= 15 is 0 Å². The van der Waals surface area contributed by atoms with Crippen molar-refractivity contribution in [3.05, 3.63) is 39.7 Å². The maximum Gasteiger partial charge on any atom is 0.355 e. The molecule has 27 heavy (non-hydrogen) atoms. The Kier molecular flexibility index (Phi) is 5.82. The first-order valence-electron chi connectivity index (χ1n) is 9.59. The number of rotatable bonds is 5. The van der Waals surface area contributed by atoms with Crippen molar-refractivity contribution in [2.45, 2.75) is 13.5 Å². The first-order chi connectivity index (χ1) is 12.9. The fraction of sp³-hybridized carbons (Fsp3) is 0.500. The minimum absolute atomic E-state index is 0.0747. The summed E-state index contributed by atoms with van der Waals surface area (Å²) in [4.78, 5) is 33.8. The maximum atomic E-state index is 13.3. The largest absolute Gasteiger partial charge is 0.461 e. The van der Waals surface area contributed by atoms with Crippen LogP contribution in [-0.2, 0) is 11.3 Å². The Hall–Kier alpha value is -2.38. The zero-order chi connectivity index (χ0) is 19.6. The standard InChI is InChI=1S/C20H28N4O3/c1-5-27-20(26)18-16(13-24-10-8-23(4)9-11-24)19(25)15-12-14(22(2)3)6-7-17(15)21-18/h6-7,12H,5,8-11,13H2,1-4H3,(H,21,25)/p+2. The van der Waals surface area contributed by atoms with Crippen LogP contribution in [0.3, 0.4) is 0 Å². The highest BCUT2D eigenvalue weighted by Crippen LogP contribution is 2.19. The summed E-state index contributed by atoms with van der Waals surface area (Å²) < 4.78 is 5.21. The summed E-state index contributed by atoms with van der Waals surface area (Å²) in [5.74, 6) is -0.456. The average molecular weight is 374 g/mol. The minimum Gasteiger partial charge on any atom is -0.461 e. The number of quaternary nitrogens is 2. The van der Waals surface area contributed by atoms with Gasteiger partial charge in [0.15, 0.2) is 5.43 Å². The van der Waals surface area contributed by atoms with Crippen molar-refractivity contribution in [1.82, 2.24) is 4.98 Å². The van der Waals surface area contributed by atoms with Gasteiger partial charge in [-0.1, -0.05) is 0 Å². The van der Waals surface area contributed by atoms with Gasteiger partial charge in [0.1, 0.15) is 38.4 Å². The Morgan fingerprint density at radius 1 is 1.22 bits per heavy atom. The monoisotopic (exact) mass is 374 g/mol. The van der Waals surface area contributed by atoms with Crippen LogP contribution in [0.4, 0.5) is 5.69 Å². The number of carbonyl (C=O) groups is 1. The molecule has 1 aromatic heterocycles. The Balaban J connectivity index is 2.08. The second-order valence-electron chi connectivity index (χ2n) is 7.54. The van der Waals surface area contributed by atoms with Gasteiger partial charge in [-0.25, -0.2) is 4.79 Å². The molecule has 0 unspecified atom stereocenters. The molecule has 2 heterocycles. The summed E-state index contributed by atoms with van der Waals surface area (Å²) in [5.41, 5.74) is 2.38. The van der Waals surface area contributed by atoms with Gasteiger partial charge in [-0.05, 0) is 25.1 Å². The van der Waals surface area contributed by atoms with Gasteiger partial charge in [0.05, 0.1) is 24.7 Å². The van der Waals surface area contributed by atoms with Crippen molar-refractivity contribution < 1.29 is 19.3 Å². The summed E-state index contributed by atoms with van der Waals surface area (Å²) in [7, 11) is 6.08. The predicted octanol–water partition coefficient (Wildman–Crippen LogP) is -1.32. The molecule has 0 aliphatic carbocycles. The normalized spacial score (nSPS) is 19.9. The molecule has 0 saturated carbocycles. The second kappa shape index (κ2) is 8.10. The van der Waals surface area contributed by atoms with E-state index in [4.69, 9.17) is 4.74 Å². The first-order valence-corrected chi connectivity index (χ1v) is 9.59. The van der Waals surface area contributed by atoms with Crippen LogP contribution < -0.4 is 20.1 Å². The number of H-pyrrole nitrogens is 1. The number of aromatic nitrogens is 1. The molecule has 2 aromatic rings. The number of likely N-dealkylation sites (N-methyl/N-ethyl adjacent to an activating group) is 1. The van der Waals surface area contributed by atoms with Gasteiger partial charge in [0.2, 0.25) is 0 Å². The van der Waals surface area contributed by atoms with Crippen LogP contribution in [-0.4, -0.2) is 64.9 Å². The number of benzene rings is 1. The van der Waals surface area contributed by atoms with Gasteiger partial charge in [0.25, 0.3) is 0 Å². The van der Waals surface area contributed by atoms with Crippen LogP contribution in [0.25, 0.3) is 10.9 Å². The van der Waals surface area contributed by atoms with Crippen molar-refractivity contribution in [3.63, 3.8) is 0 Å². The number of anilines is 1. The smallest absolute Gasteiger partial charge is 0.355 e. The lowest BCUT2D eigenvalue weighted by atomic mass is 10.1. The third-order valence-electron chi connectivity index (χ3n) is 5.32. The maximum absolute atomic E-state index is 13.3. The van der Waals surface area contributed by atoms with E-state index in [1.165, 1.54) is 9.80 Å². The van der Waals surface area contributed by atoms with Crippen molar-refractivity contribution >= 4 is 22.6 Å². The van der Waals surface area contributed by atoms with Gasteiger partial charge in [0, 0.05) is 25.2 Å². The highest BCUT2D eigenvalue weighted by Gasteiger charge is 2.26. The van der Waals surface area contributed by atoms with Gasteiger partial charge >= 0.3 is 5.97 Å². The molecule has 1 saturated heterocycles. The molecule has 1 aliphatic heterocycles. The van der Waals surface area contributed by atoms with Crippen molar-refractivity contribution in [1.29, 1.82) is 0 Å². The molecule has 1 aromatic carbocycles. The third-order valence-corrected chi connectivity index (χ3v) is 5.32. The summed E-state index contributed by atoms with van der Waals surface area (Å²) in [6, 6.07) is 5.67. The zero-order valence-corrected chi connectivity index (χ0v) is 16.6. The van der Waals surface area contributed by atoms with Gasteiger partial charge in [-0.15, -0.1) is 0 Å². The molecule has 1 fully saturated rings. The SMILES string of the molecule is CCOC(=O)c1[nH]c2ccc(N(C)C)cc2c(=O)c1C[NH+]1CC[NH+](C)CC1. The average Bonchev–Trinajstić information content (AvgIpc) is 2.65. The number of nitrogens with zero attached hydrogens (tertiary/aromatic N) is 1. The molecule has 0 radical (unpaired) electrons. The number of ether oxygens (including phenoxy) is 1. The molecule has 0 spiro atoms. The lowest BCUT2D eigenvalue weighted by Crippen LogP contribution is -3.26. The topological polar surface area (TPSA) is 71.3 Å². The van der Waals surface area contributed by atoms with E-state index < -0.39 is 5.97 Å². The number of carbonyl (C=O) groups excluding carboxylic acids is 1. The molecular formula is C20H30N4O3+2. The highest BCUT2D eigenvalue weighted by molar-refractivity contribution is 5.93. The van der Waals surface area contributed by atoms with E-state index in [0.717, 1.165) is 31.9 Å². The van der Waals surface area contributed by atoms with Crippen LogP contribution in [0.1, 0.15) is 23.0 Å². The van der Waals surface area contributed by atoms with E-state index in [1.54, 1.807) is 6.92 Å². The van der Waals surface area contributed by atoms with Gasteiger partial charge in [-0.2, -0.15) is 0 Å². The predicted molar refractivity (Wildman–Crippen MR) is 106 cm³/mol. The van der Waals surface area contributed by atoms with Crippen molar-refractivity contribution in [2.24, 2.45) is 0 Å². The fourth-order valence-corrected chi connectivity index (χ4v) is 3.60. The van der Waals surface area contributed by atoms with E-state index in [1.807, 2.05) is 37.2 Å². The Bertz CT molecular complexity index is 883. The number of pyridine rings is 1. The number of fused-ring (bicyclic) bond motifs is 1. The third kappa shape index (κ3) is 4.14. The Labute approximate surface area is 159 Å². The number of piperazine rings is 1. The number of esters is 1. The number of hydrogen-bond acceptors (Lipinski definition) is 4. The molecule has 0 amide bonds. The minimum atomic E-state index is -0.456. The Morgan fingerprint density at radius 2 is 1.93 bits per heavy atom. The summed E-state index contributed by atoms with van der Waals surface area (Å²) in [5, 5.41) is 0.614. The molecule has 0 atom stereocenters. The van der Waals surface area contributed by atoms with Crippen molar-refractivity contribution in [2.75, 3.05) is 58.8 Å². The van der Waals surface area contributed by atoms with E-state index in [-0.39, 0.29) is 12.0 Å². The zero-order valence-electron chi connectivity index (χ0n) is 16.6. The van der Waals surface area contributed by atoms with Crippen LogP contribution in [0, 0.1) is 0 Å². The fourth-order valence-electron chi connectivity index (χ4n) is 3.60. The Morgan fingerprint density at radius 3 is 2.56 bits per heavy atom. The van der Waals surface area contributed by atoms with Crippen LogP contribution in [0.2, 0.25) is 0 Å². The van der Waals surface area contributed by atoms with E-state index in [2.05, 4.69) is 12.0 Å². The molecule has 7 heteroatoms. The second-order valence-corrected chi connectivity index (χ2v) is 7.54. The van der Waals surface area contributed by atoms with Crippen LogP contribution in [0.15, 0.2) is 23.0 Å². The van der Waals surface area contributed by atoms with Crippen LogP contribution in [0.5, 0.6) is 0 Å². The quantitative estimate of drug-likeness (QED) is 0.568. The van der Waals surface area contributed by atoms with Crippen molar-refractivity contribution in [3.8, 4) is 0 Å². The molecule has 1 aliphatic rings. The lowest BCUT2D eigenvalue weighted by molar-refractivity contribution is -1.01. The summed E-state index contributed by atoms with van der Waals surface area (Å²) in [6.07, 6.45) is 0. The van der Waals surface area contributed by atoms with Crippen LogP contribution >= 0.6 is 0 Å². The van der Waals surface area contributed by atoms with Gasteiger partial charge in [-0.3, -0.25) is 4.79 Å². The summed E-state index contributed by atoms with van der Waals surface area (Å²) in [6.45, 7) is 6.71. The lowest BCUT2D eigenvalue weighted by Gasteiger charge is -2.27. The number of nitrogens with one attached hydrogen (secondary N) is 3. The molecule has 7 nitrogen and oxygen atoms in total. The number of hydrogen-bond donors (Lipinski definition) is 3. The molecule has 0 bridgehead atoms. The molecular weight excluding hydrogens is 344 g/mol. The molecule has 3 rings (SSSR count). The molecule has 146 valence electrons. The van der Waals surface area contributed by atoms with E-state index in [0.29, 0.717) is 28.7 Å². The number of aromatic amines is 1.